The van der Waals surface area contributed by atoms with Gasteiger partial charge < -0.3 is 35.0 Å². The van der Waals surface area contributed by atoms with E-state index in [2.05, 4.69) is 0 Å². The molecule has 0 saturated carbocycles. The lowest BCUT2D eigenvalue weighted by atomic mass is 9.99. The second kappa shape index (κ2) is 5.71. The summed E-state index contributed by atoms with van der Waals surface area (Å²) in [5, 5.41) is 46.0. The minimum atomic E-state index is -1.65. The third-order valence-electron chi connectivity index (χ3n) is 2.55. The van der Waals surface area contributed by atoms with Crippen LogP contribution in [0.15, 0.2) is 0 Å². The molecule has 0 amide bonds. The maximum atomic E-state index is 10.6. The predicted molar refractivity (Wildman–Crippen MR) is 52.0 cm³/mol. The monoisotopic (exact) mass is 252 g/mol. The van der Waals surface area contributed by atoms with Gasteiger partial charge in [0.15, 0.2) is 12.4 Å². The van der Waals surface area contributed by atoms with E-state index in [0.29, 0.717) is 0 Å². The fraction of sp³-hybridized carbons (Fsp3) is 0.889. The molecule has 8 heteroatoms. The van der Waals surface area contributed by atoms with Crippen molar-refractivity contribution in [3.8, 4) is 0 Å². The minimum absolute atomic E-state index is 0.591. The number of carboxylic acid groups (broad SMARTS) is 1. The molecule has 100 valence electrons. The first kappa shape index (κ1) is 14.3. The van der Waals surface area contributed by atoms with Crippen molar-refractivity contribution in [3.05, 3.63) is 0 Å². The van der Waals surface area contributed by atoms with Crippen LogP contribution in [0, 0.1) is 0 Å². The van der Waals surface area contributed by atoms with Gasteiger partial charge >= 0.3 is 5.97 Å². The molecule has 0 aromatic carbocycles. The molecule has 1 rings (SSSR count). The Hall–Kier alpha value is -0.770. The van der Waals surface area contributed by atoms with E-state index in [1.807, 2.05) is 0 Å². The van der Waals surface area contributed by atoms with Crippen LogP contribution < -0.4 is 0 Å². The van der Waals surface area contributed by atoms with E-state index in [1.165, 1.54) is 6.92 Å². The lowest BCUT2D eigenvalue weighted by Crippen LogP contribution is -2.60. The van der Waals surface area contributed by atoms with Crippen molar-refractivity contribution < 1.29 is 39.8 Å². The normalized spacial score (nSPS) is 39.9. The highest BCUT2D eigenvalue weighted by Gasteiger charge is 2.45. The van der Waals surface area contributed by atoms with Crippen LogP contribution >= 0.6 is 0 Å². The lowest BCUT2D eigenvalue weighted by Gasteiger charge is -2.40. The van der Waals surface area contributed by atoms with Gasteiger partial charge in [-0.15, -0.1) is 0 Å². The SMILES string of the molecule is C[C@@H](O[C@@H]1[C@@H](O)[C@H](O)O[C@H](CO)[C@@H]1O)C(=O)O. The van der Waals surface area contributed by atoms with Gasteiger partial charge in [-0.25, -0.2) is 4.79 Å². The molecule has 1 heterocycles. The number of rotatable bonds is 4. The van der Waals surface area contributed by atoms with Gasteiger partial charge in [0.1, 0.15) is 24.4 Å². The summed E-state index contributed by atoms with van der Waals surface area (Å²) in [5.74, 6) is -1.27. The molecule has 8 nitrogen and oxygen atoms in total. The molecule has 0 spiro atoms. The first-order chi connectivity index (χ1) is 7.88. The Kier molecular flexibility index (Phi) is 4.80. The average molecular weight is 252 g/mol. The largest absolute Gasteiger partial charge is 0.479 e. The first-order valence-corrected chi connectivity index (χ1v) is 5.07. The van der Waals surface area contributed by atoms with Crippen molar-refractivity contribution in [2.45, 2.75) is 43.7 Å². The number of carboxylic acids is 1. The van der Waals surface area contributed by atoms with Crippen molar-refractivity contribution in [2.75, 3.05) is 6.61 Å². The Bertz CT molecular complexity index is 270. The van der Waals surface area contributed by atoms with E-state index >= 15 is 0 Å². The number of hydrogen-bond donors (Lipinski definition) is 5. The Morgan fingerprint density at radius 3 is 2.41 bits per heavy atom. The van der Waals surface area contributed by atoms with Crippen molar-refractivity contribution in [3.63, 3.8) is 0 Å². The van der Waals surface area contributed by atoms with Crippen molar-refractivity contribution in [2.24, 2.45) is 0 Å². The molecule has 1 saturated heterocycles. The molecule has 0 bridgehead atoms. The van der Waals surface area contributed by atoms with Crippen LogP contribution in [-0.4, -0.2) is 74.9 Å². The fourth-order valence-corrected chi connectivity index (χ4v) is 1.52. The van der Waals surface area contributed by atoms with Gasteiger partial charge in [-0.1, -0.05) is 0 Å². The Balaban J connectivity index is 2.74. The van der Waals surface area contributed by atoms with Crippen LogP contribution in [0.25, 0.3) is 0 Å². The first-order valence-electron chi connectivity index (χ1n) is 5.07. The van der Waals surface area contributed by atoms with Gasteiger partial charge in [-0.05, 0) is 6.92 Å². The summed E-state index contributed by atoms with van der Waals surface area (Å²) in [6, 6.07) is 0. The van der Waals surface area contributed by atoms with Gasteiger partial charge in [-0.2, -0.15) is 0 Å². The summed E-state index contributed by atoms with van der Waals surface area (Å²) in [6.45, 7) is 0.629. The maximum Gasteiger partial charge on any atom is 0.332 e. The molecule has 0 unspecified atom stereocenters. The average Bonchev–Trinajstić information content (AvgIpc) is 2.28. The molecule has 1 fully saturated rings. The van der Waals surface area contributed by atoms with Crippen molar-refractivity contribution in [1.82, 2.24) is 0 Å². The van der Waals surface area contributed by atoms with Crippen LogP contribution in [0.3, 0.4) is 0 Å². The predicted octanol–water partition coefficient (Wildman–Crippen LogP) is -2.72. The number of ether oxygens (including phenoxy) is 2. The molecule has 6 atom stereocenters. The van der Waals surface area contributed by atoms with Crippen molar-refractivity contribution >= 4 is 5.97 Å². The van der Waals surface area contributed by atoms with E-state index in [1.54, 1.807) is 0 Å². The summed E-state index contributed by atoms with van der Waals surface area (Å²) in [5.41, 5.74) is 0. The van der Waals surface area contributed by atoms with Gasteiger partial charge in [0.05, 0.1) is 6.61 Å². The third kappa shape index (κ3) is 3.12. The second-order valence-electron chi connectivity index (χ2n) is 3.81. The van der Waals surface area contributed by atoms with Gasteiger partial charge in [-0.3, -0.25) is 0 Å². The topological polar surface area (TPSA) is 137 Å². The van der Waals surface area contributed by atoms with Crippen LogP contribution in [0.2, 0.25) is 0 Å². The standard InChI is InChI=1S/C9H16O8/c1-3(8(13)14)16-7-5(11)4(2-10)17-9(15)6(7)12/h3-7,9-12,15H,2H2,1H3,(H,13,14)/t3-,4-,5+,6-,7+,9-/m1/s1. The van der Waals surface area contributed by atoms with E-state index in [-0.39, 0.29) is 0 Å². The second-order valence-corrected chi connectivity index (χ2v) is 3.81. The molecule has 1 aliphatic heterocycles. The zero-order valence-corrected chi connectivity index (χ0v) is 9.13. The van der Waals surface area contributed by atoms with Crippen LogP contribution in [0.5, 0.6) is 0 Å². The fourth-order valence-electron chi connectivity index (χ4n) is 1.52. The maximum absolute atomic E-state index is 10.6. The third-order valence-corrected chi connectivity index (χ3v) is 2.55. The Morgan fingerprint density at radius 2 is 1.94 bits per heavy atom. The van der Waals surface area contributed by atoms with E-state index in [9.17, 15) is 20.1 Å². The Labute approximate surface area is 97.0 Å². The number of aliphatic hydroxyl groups excluding tert-OH is 4. The zero-order valence-electron chi connectivity index (χ0n) is 9.13. The molecule has 0 aromatic heterocycles. The number of aliphatic hydroxyl groups is 4. The molecular formula is C9H16O8. The van der Waals surface area contributed by atoms with Gasteiger partial charge in [0, 0.05) is 0 Å². The molecule has 0 radical (unpaired) electrons. The summed E-state index contributed by atoms with van der Waals surface area (Å²) in [4.78, 5) is 10.6. The zero-order chi connectivity index (χ0) is 13.2. The van der Waals surface area contributed by atoms with E-state index in [0.717, 1.165) is 0 Å². The van der Waals surface area contributed by atoms with Crippen molar-refractivity contribution in [1.29, 1.82) is 0 Å². The molecular weight excluding hydrogens is 236 g/mol. The van der Waals surface area contributed by atoms with Crippen LogP contribution in [0.1, 0.15) is 6.92 Å². The van der Waals surface area contributed by atoms with Crippen LogP contribution in [-0.2, 0) is 14.3 Å². The molecule has 0 aromatic rings. The highest BCUT2D eigenvalue weighted by molar-refractivity contribution is 5.71. The number of aliphatic carboxylic acids is 1. The Morgan fingerprint density at radius 1 is 1.35 bits per heavy atom. The van der Waals surface area contributed by atoms with E-state index in [4.69, 9.17) is 19.7 Å². The number of carbonyl (C=O) groups is 1. The number of hydrogen-bond acceptors (Lipinski definition) is 7. The summed E-state index contributed by atoms with van der Waals surface area (Å²) < 4.78 is 9.64. The quantitative estimate of drug-likeness (QED) is 0.364. The van der Waals surface area contributed by atoms with E-state index < -0.39 is 49.4 Å². The highest BCUT2D eigenvalue weighted by atomic mass is 16.6. The molecule has 0 aliphatic carbocycles. The summed E-state index contributed by atoms with van der Waals surface area (Å²) in [6.07, 6.45) is -8.42. The van der Waals surface area contributed by atoms with Gasteiger partial charge in [0.25, 0.3) is 0 Å². The lowest BCUT2D eigenvalue weighted by molar-refractivity contribution is -0.298. The molecule has 17 heavy (non-hydrogen) atoms. The van der Waals surface area contributed by atoms with Gasteiger partial charge in [0.2, 0.25) is 0 Å². The molecule has 5 N–H and O–H groups in total. The molecule has 1 aliphatic rings. The highest BCUT2D eigenvalue weighted by Crippen LogP contribution is 2.23. The minimum Gasteiger partial charge on any atom is -0.479 e. The summed E-state index contributed by atoms with van der Waals surface area (Å²) >= 11 is 0. The summed E-state index contributed by atoms with van der Waals surface area (Å²) in [7, 11) is 0. The smallest absolute Gasteiger partial charge is 0.332 e. The van der Waals surface area contributed by atoms with Crippen LogP contribution in [0.4, 0.5) is 0 Å².